The van der Waals surface area contributed by atoms with Gasteiger partial charge >= 0.3 is 0 Å². The second-order valence-electron chi connectivity index (χ2n) is 7.49. The molecule has 1 aliphatic rings. The van der Waals surface area contributed by atoms with Gasteiger partial charge in [0.15, 0.2) is 0 Å². The summed E-state index contributed by atoms with van der Waals surface area (Å²) in [4.78, 5) is 17.3. The van der Waals surface area contributed by atoms with Gasteiger partial charge in [-0.05, 0) is 55.3 Å². The van der Waals surface area contributed by atoms with Crippen molar-refractivity contribution in [1.29, 1.82) is 5.26 Å². The highest BCUT2D eigenvalue weighted by Gasteiger charge is 2.23. The molecule has 1 saturated heterocycles. The molecular weight excluding hydrogens is 384 g/mol. The standard InChI is InChI=1S/C23H27ClN4O/c1-18(23(29)26-16-20-7-9-22(24)10-8-20)28-12-2-11-27(13-14-28)17-21-5-3-19(15-25)4-6-21/h3-10,18H,2,11-14,16-17H2,1H3,(H,26,29). The van der Waals surface area contributed by atoms with E-state index in [1.807, 2.05) is 55.5 Å². The number of halogens is 1. The van der Waals surface area contributed by atoms with Crippen LogP contribution in [0.1, 0.15) is 30.0 Å². The first-order chi connectivity index (χ1) is 14.0. The highest BCUT2D eigenvalue weighted by molar-refractivity contribution is 6.30. The van der Waals surface area contributed by atoms with E-state index in [0.29, 0.717) is 17.1 Å². The molecule has 0 aromatic heterocycles. The Labute approximate surface area is 177 Å². The van der Waals surface area contributed by atoms with Crippen LogP contribution >= 0.6 is 11.6 Å². The molecule has 1 aliphatic heterocycles. The fourth-order valence-electron chi connectivity index (χ4n) is 3.58. The number of benzene rings is 2. The molecule has 2 aromatic carbocycles. The minimum atomic E-state index is -0.155. The summed E-state index contributed by atoms with van der Waals surface area (Å²) in [6.07, 6.45) is 1.03. The molecule has 1 atom stereocenters. The zero-order chi connectivity index (χ0) is 20.6. The van der Waals surface area contributed by atoms with Crippen LogP contribution in [0.15, 0.2) is 48.5 Å². The third kappa shape index (κ3) is 6.30. The Morgan fingerprint density at radius 2 is 1.76 bits per heavy atom. The van der Waals surface area contributed by atoms with E-state index in [4.69, 9.17) is 16.9 Å². The second kappa shape index (κ2) is 10.4. The summed E-state index contributed by atoms with van der Waals surface area (Å²) in [5, 5.41) is 12.7. The van der Waals surface area contributed by atoms with E-state index in [0.717, 1.165) is 44.7 Å². The zero-order valence-electron chi connectivity index (χ0n) is 16.8. The van der Waals surface area contributed by atoms with Crippen molar-refractivity contribution in [2.24, 2.45) is 0 Å². The zero-order valence-corrected chi connectivity index (χ0v) is 17.5. The topological polar surface area (TPSA) is 59.4 Å². The van der Waals surface area contributed by atoms with E-state index in [1.54, 1.807) is 0 Å². The molecule has 1 N–H and O–H groups in total. The van der Waals surface area contributed by atoms with Gasteiger partial charge in [0.1, 0.15) is 0 Å². The van der Waals surface area contributed by atoms with Gasteiger partial charge in [-0.3, -0.25) is 14.6 Å². The maximum atomic E-state index is 12.6. The van der Waals surface area contributed by atoms with Crippen molar-refractivity contribution in [2.75, 3.05) is 26.2 Å². The Bertz CT molecular complexity index is 845. The molecule has 6 heteroatoms. The molecule has 0 aliphatic carbocycles. The Balaban J connectivity index is 1.47. The average molecular weight is 411 g/mol. The largest absolute Gasteiger partial charge is 0.351 e. The molecule has 1 unspecified atom stereocenters. The van der Waals surface area contributed by atoms with Crippen molar-refractivity contribution in [1.82, 2.24) is 15.1 Å². The Morgan fingerprint density at radius 1 is 1.07 bits per heavy atom. The van der Waals surface area contributed by atoms with Crippen molar-refractivity contribution >= 4 is 17.5 Å². The SMILES string of the molecule is CC(C(=O)NCc1ccc(Cl)cc1)N1CCCN(Cc2ccc(C#N)cc2)CC1. The maximum Gasteiger partial charge on any atom is 0.237 e. The molecule has 2 aromatic rings. The Morgan fingerprint density at radius 3 is 2.45 bits per heavy atom. The van der Waals surface area contributed by atoms with Crippen LogP contribution in [0.4, 0.5) is 0 Å². The summed E-state index contributed by atoms with van der Waals surface area (Å²) in [5.41, 5.74) is 2.94. The average Bonchev–Trinajstić information content (AvgIpc) is 2.98. The first-order valence-corrected chi connectivity index (χ1v) is 10.4. The summed E-state index contributed by atoms with van der Waals surface area (Å²) in [6.45, 7) is 7.08. The van der Waals surface area contributed by atoms with Gasteiger partial charge in [0, 0.05) is 37.7 Å². The molecule has 0 spiro atoms. The summed E-state index contributed by atoms with van der Waals surface area (Å²) in [7, 11) is 0. The van der Waals surface area contributed by atoms with Crippen LogP contribution < -0.4 is 5.32 Å². The number of carbonyl (C=O) groups is 1. The smallest absolute Gasteiger partial charge is 0.237 e. The molecule has 152 valence electrons. The van der Waals surface area contributed by atoms with Gasteiger partial charge in [0.05, 0.1) is 17.7 Å². The lowest BCUT2D eigenvalue weighted by atomic mass is 10.1. The number of nitrogens with zero attached hydrogens (tertiary/aromatic N) is 3. The maximum absolute atomic E-state index is 12.6. The van der Waals surface area contributed by atoms with Crippen LogP contribution in [-0.2, 0) is 17.9 Å². The Hall–Kier alpha value is -2.39. The van der Waals surface area contributed by atoms with Gasteiger partial charge in [-0.15, -0.1) is 0 Å². The predicted molar refractivity (Wildman–Crippen MR) is 115 cm³/mol. The summed E-state index contributed by atoms with van der Waals surface area (Å²) < 4.78 is 0. The number of carbonyl (C=O) groups excluding carboxylic acids is 1. The number of nitrogens with one attached hydrogen (secondary N) is 1. The molecule has 0 bridgehead atoms. The van der Waals surface area contributed by atoms with Crippen molar-refractivity contribution in [3.63, 3.8) is 0 Å². The first kappa shape index (κ1) is 21.3. The fraction of sp³-hybridized carbons (Fsp3) is 0.391. The fourth-order valence-corrected chi connectivity index (χ4v) is 3.71. The molecule has 1 amide bonds. The van der Waals surface area contributed by atoms with Gasteiger partial charge in [-0.2, -0.15) is 5.26 Å². The summed E-state index contributed by atoms with van der Waals surface area (Å²) in [5.74, 6) is 0.0560. The number of hydrogen-bond acceptors (Lipinski definition) is 4. The van der Waals surface area contributed by atoms with Crippen molar-refractivity contribution in [3.8, 4) is 6.07 Å². The van der Waals surface area contributed by atoms with E-state index >= 15 is 0 Å². The van der Waals surface area contributed by atoms with Crippen LogP contribution in [-0.4, -0.2) is 47.9 Å². The van der Waals surface area contributed by atoms with Gasteiger partial charge in [-0.1, -0.05) is 35.9 Å². The van der Waals surface area contributed by atoms with Gasteiger partial charge < -0.3 is 5.32 Å². The van der Waals surface area contributed by atoms with Crippen LogP contribution in [0.2, 0.25) is 5.02 Å². The minimum Gasteiger partial charge on any atom is -0.351 e. The molecule has 1 fully saturated rings. The van der Waals surface area contributed by atoms with Crippen LogP contribution in [0.25, 0.3) is 0 Å². The van der Waals surface area contributed by atoms with E-state index in [1.165, 1.54) is 5.56 Å². The second-order valence-corrected chi connectivity index (χ2v) is 7.93. The molecule has 1 heterocycles. The number of amides is 1. The van der Waals surface area contributed by atoms with Crippen LogP contribution in [0, 0.1) is 11.3 Å². The van der Waals surface area contributed by atoms with E-state index in [-0.39, 0.29) is 11.9 Å². The first-order valence-electron chi connectivity index (χ1n) is 10.0. The van der Waals surface area contributed by atoms with E-state index in [9.17, 15) is 4.79 Å². The van der Waals surface area contributed by atoms with E-state index < -0.39 is 0 Å². The van der Waals surface area contributed by atoms with Crippen LogP contribution in [0.5, 0.6) is 0 Å². The minimum absolute atomic E-state index is 0.0560. The van der Waals surface area contributed by atoms with Crippen LogP contribution in [0.3, 0.4) is 0 Å². The summed E-state index contributed by atoms with van der Waals surface area (Å²) in [6, 6.07) is 17.3. The molecule has 3 rings (SSSR count). The predicted octanol–water partition coefficient (Wildman–Crippen LogP) is 3.42. The third-order valence-electron chi connectivity index (χ3n) is 5.42. The highest BCUT2D eigenvalue weighted by atomic mass is 35.5. The monoisotopic (exact) mass is 410 g/mol. The lowest BCUT2D eigenvalue weighted by molar-refractivity contribution is -0.126. The quantitative estimate of drug-likeness (QED) is 0.792. The molecule has 0 radical (unpaired) electrons. The molecule has 5 nitrogen and oxygen atoms in total. The number of hydrogen-bond donors (Lipinski definition) is 1. The molecular formula is C23H27ClN4O. The number of nitriles is 1. The normalized spacial score (nSPS) is 16.6. The molecule has 0 saturated carbocycles. The van der Waals surface area contributed by atoms with Crippen molar-refractivity contribution in [2.45, 2.75) is 32.5 Å². The van der Waals surface area contributed by atoms with Gasteiger partial charge in [0.2, 0.25) is 5.91 Å². The number of rotatable bonds is 6. The van der Waals surface area contributed by atoms with Gasteiger partial charge in [0.25, 0.3) is 0 Å². The Kier molecular flexibility index (Phi) is 7.65. The highest BCUT2D eigenvalue weighted by Crippen LogP contribution is 2.13. The van der Waals surface area contributed by atoms with Gasteiger partial charge in [-0.25, -0.2) is 0 Å². The summed E-state index contributed by atoms with van der Waals surface area (Å²) >= 11 is 5.91. The van der Waals surface area contributed by atoms with E-state index in [2.05, 4.69) is 21.2 Å². The molecule has 29 heavy (non-hydrogen) atoms. The van der Waals surface area contributed by atoms with Crippen molar-refractivity contribution < 1.29 is 4.79 Å². The van der Waals surface area contributed by atoms with Crippen molar-refractivity contribution in [3.05, 3.63) is 70.2 Å². The lowest BCUT2D eigenvalue weighted by Gasteiger charge is -2.27. The lowest BCUT2D eigenvalue weighted by Crippen LogP contribution is -2.46. The third-order valence-corrected chi connectivity index (χ3v) is 5.67.